The molecule has 2 amide bonds. The largest absolute Gasteiger partial charge is 0.481 e. The van der Waals surface area contributed by atoms with Crippen LogP contribution in [-0.2, 0) is 28.8 Å². The minimum Gasteiger partial charge on any atom is -0.481 e. The van der Waals surface area contributed by atoms with Crippen molar-refractivity contribution in [2.75, 3.05) is 39.3 Å². The molecule has 0 aromatic rings. The summed E-state index contributed by atoms with van der Waals surface area (Å²) in [7, 11) is 0. The number of rotatable bonds is 7. The molecule has 28 heavy (non-hydrogen) atoms. The van der Waals surface area contributed by atoms with Gasteiger partial charge in [0.25, 0.3) is 11.8 Å². The lowest BCUT2D eigenvalue weighted by Crippen LogP contribution is -2.41. The standard InChI is InChI=1S/C17H25N3O8/c21-13-1-2-14(22)20(13)28-17(27)11-19-6-4-12(9-15(23)24)3-5-18(7-8-19)10-16(25)26/h12H,1-11H2,(H,23,24)(H,25,26). The van der Waals surface area contributed by atoms with Gasteiger partial charge in [0, 0.05) is 32.4 Å². The average Bonchev–Trinajstić information content (AvgIpc) is 2.95. The maximum Gasteiger partial charge on any atom is 0.347 e. The minimum absolute atomic E-state index is 0.0108. The topological polar surface area (TPSA) is 145 Å². The SMILES string of the molecule is O=C(O)CC1CCN(CC(=O)O)CCN(CC(=O)ON2C(=O)CCC2=O)CC1. The molecule has 0 radical (unpaired) electrons. The Balaban J connectivity index is 1.97. The predicted molar refractivity (Wildman–Crippen MR) is 92.7 cm³/mol. The first-order chi connectivity index (χ1) is 13.2. The number of hydrogen-bond donors (Lipinski definition) is 2. The molecule has 2 N–H and O–H groups in total. The molecule has 11 heteroatoms. The van der Waals surface area contributed by atoms with Gasteiger partial charge in [-0.2, -0.15) is 0 Å². The fourth-order valence-electron chi connectivity index (χ4n) is 3.31. The highest BCUT2D eigenvalue weighted by molar-refractivity contribution is 6.01. The number of carboxylic acid groups (broad SMARTS) is 2. The molecule has 156 valence electrons. The van der Waals surface area contributed by atoms with Gasteiger partial charge in [-0.15, -0.1) is 5.06 Å². The average molecular weight is 399 g/mol. The van der Waals surface area contributed by atoms with Gasteiger partial charge in [0.2, 0.25) is 0 Å². The van der Waals surface area contributed by atoms with E-state index >= 15 is 0 Å². The molecule has 2 aliphatic rings. The van der Waals surface area contributed by atoms with E-state index in [-0.39, 0.29) is 38.3 Å². The molecule has 2 heterocycles. The van der Waals surface area contributed by atoms with Crippen LogP contribution in [0, 0.1) is 5.92 Å². The van der Waals surface area contributed by atoms with Crippen LogP contribution in [0.25, 0.3) is 0 Å². The van der Waals surface area contributed by atoms with Crippen molar-refractivity contribution in [3.05, 3.63) is 0 Å². The van der Waals surface area contributed by atoms with Gasteiger partial charge in [-0.25, -0.2) is 4.79 Å². The first-order valence-electron chi connectivity index (χ1n) is 9.19. The Kier molecular flexibility index (Phi) is 7.88. The second kappa shape index (κ2) is 10.1. The van der Waals surface area contributed by atoms with Crippen LogP contribution in [0.1, 0.15) is 32.1 Å². The van der Waals surface area contributed by atoms with E-state index < -0.39 is 29.7 Å². The van der Waals surface area contributed by atoms with Crippen LogP contribution in [0.15, 0.2) is 0 Å². The number of hydrogen-bond acceptors (Lipinski definition) is 8. The molecule has 0 saturated carbocycles. The zero-order chi connectivity index (χ0) is 20.7. The summed E-state index contributed by atoms with van der Waals surface area (Å²) in [5.74, 6) is -3.93. The number of carbonyl (C=O) groups is 5. The molecule has 11 nitrogen and oxygen atoms in total. The molecule has 1 unspecified atom stereocenters. The molecule has 2 rings (SSSR count). The van der Waals surface area contributed by atoms with Crippen LogP contribution in [0.4, 0.5) is 0 Å². The Bertz CT molecular complexity index is 594. The van der Waals surface area contributed by atoms with Crippen molar-refractivity contribution >= 4 is 29.7 Å². The number of carboxylic acids is 2. The van der Waals surface area contributed by atoms with Gasteiger partial charge in [0.1, 0.15) is 0 Å². The van der Waals surface area contributed by atoms with Crippen LogP contribution in [0.5, 0.6) is 0 Å². The summed E-state index contributed by atoms with van der Waals surface area (Å²) >= 11 is 0. The van der Waals surface area contributed by atoms with Crippen molar-refractivity contribution in [3.8, 4) is 0 Å². The van der Waals surface area contributed by atoms with Crippen LogP contribution in [0.2, 0.25) is 0 Å². The third-order valence-corrected chi connectivity index (χ3v) is 4.81. The summed E-state index contributed by atoms with van der Waals surface area (Å²) < 4.78 is 0. The highest BCUT2D eigenvalue weighted by Crippen LogP contribution is 2.18. The molecule has 2 aliphatic heterocycles. The van der Waals surface area contributed by atoms with E-state index in [1.807, 2.05) is 0 Å². The Morgan fingerprint density at radius 3 is 1.89 bits per heavy atom. The quantitative estimate of drug-likeness (QED) is 0.520. The summed E-state index contributed by atoms with van der Waals surface area (Å²) in [6.45, 7) is 1.30. The number of carbonyl (C=O) groups excluding carboxylic acids is 3. The predicted octanol–water partition coefficient (Wildman–Crippen LogP) is -0.833. The van der Waals surface area contributed by atoms with Crippen molar-refractivity contribution in [1.82, 2.24) is 14.9 Å². The van der Waals surface area contributed by atoms with Gasteiger partial charge < -0.3 is 15.1 Å². The maximum atomic E-state index is 12.1. The lowest BCUT2D eigenvalue weighted by Gasteiger charge is -2.24. The molecular formula is C17H25N3O8. The number of hydroxylamine groups is 2. The van der Waals surface area contributed by atoms with Gasteiger partial charge in [-0.3, -0.25) is 29.0 Å². The minimum atomic E-state index is -0.981. The van der Waals surface area contributed by atoms with Crippen LogP contribution in [-0.4, -0.2) is 94.1 Å². The smallest absolute Gasteiger partial charge is 0.347 e. The second-order valence-corrected chi connectivity index (χ2v) is 7.03. The summed E-state index contributed by atoms with van der Waals surface area (Å²) in [5, 5.41) is 18.6. The molecule has 0 aromatic heterocycles. The highest BCUT2D eigenvalue weighted by atomic mass is 16.7. The number of nitrogens with zero attached hydrogens (tertiary/aromatic N) is 3. The van der Waals surface area contributed by atoms with Crippen LogP contribution < -0.4 is 0 Å². The molecule has 0 aliphatic carbocycles. The Morgan fingerprint density at radius 2 is 1.39 bits per heavy atom. The third-order valence-electron chi connectivity index (χ3n) is 4.81. The van der Waals surface area contributed by atoms with E-state index in [9.17, 15) is 24.0 Å². The van der Waals surface area contributed by atoms with E-state index in [2.05, 4.69) is 0 Å². The van der Waals surface area contributed by atoms with Crippen molar-refractivity contribution in [2.45, 2.75) is 32.1 Å². The van der Waals surface area contributed by atoms with Crippen molar-refractivity contribution in [2.24, 2.45) is 5.92 Å². The maximum absolute atomic E-state index is 12.1. The van der Waals surface area contributed by atoms with Gasteiger partial charge >= 0.3 is 17.9 Å². The second-order valence-electron chi connectivity index (χ2n) is 7.03. The zero-order valence-electron chi connectivity index (χ0n) is 15.5. The van der Waals surface area contributed by atoms with E-state index in [4.69, 9.17) is 15.1 Å². The summed E-state index contributed by atoms with van der Waals surface area (Å²) in [4.78, 5) is 65.6. The Labute approximate surface area is 161 Å². The molecule has 0 spiro atoms. The van der Waals surface area contributed by atoms with Crippen molar-refractivity contribution in [3.63, 3.8) is 0 Å². The third kappa shape index (κ3) is 6.89. The molecule has 0 bridgehead atoms. The van der Waals surface area contributed by atoms with E-state index in [1.54, 1.807) is 9.80 Å². The first-order valence-corrected chi connectivity index (χ1v) is 9.19. The fourth-order valence-corrected chi connectivity index (χ4v) is 3.31. The normalized spacial score (nSPS) is 22.4. The van der Waals surface area contributed by atoms with Gasteiger partial charge in [-0.1, -0.05) is 0 Å². The van der Waals surface area contributed by atoms with E-state index in [0.29, 0.717) is 44.1 Å². The van der Waals surface area contributed by atoms with Crippen LogP contribution in [0.3, 0.4) is 0 Å². The van der Waals surface area contributed by atoms with E-state index in [0.717, 1.165) is 0 Å². The summed E-state index contributed by atoms with van der Waals surface area (Å²) in [6, 6.07) is 0. The number of amides is 2. The first kappa shape index (κ1) is 21.8. The Morgan fingerprint density at radius 1 is 0.857 bits per heavy atom. The number of aliphatic carboxylic acids is 2. The van der Waals surface area contributed by atoms with Gasteiger partial charge in [0.05, 0.1) is 13.1 Å². The summed E-state index contributed by atoms with van der Waals surface area (Å²) in [6.07, 6.45) is 1.07. The monoisotopic (exact) mass is 399 g/mol. The highest BCUT2D eigenvalue weighted by Gasteiger charge is 2.33. The van der Waals surface area contributed by atoms with Gasteiger partial charge in [-0.05, 0) is 31.8 Å². The van der Waals surface area contributed by atoms with Crippen molar-refractivity contribution in [1.29, 1.82) is 0 Å². The molecule has 2 saturated heterocycles. The van der Waals surface area contributed by atoms with Crippen molar-refractivity contribution < 1.29 is 39.0 Å². The van der Waals surface area contributed by atoms with Crippen LogP contribution >= 0.6 is 0 Å². The lowest BCUT2D eigenvalue weighted by molar-refractivity contribution is -0.198. The molecule has 0 aromatic carbocycles. The van der Waals surface area contributed by atoms with Gasteiger partial charge in [0.15, 0.2) is 0 Å². The molecular weight excluding hydrogens is 374 g/mol. The Hall–Kier alpha value is -2.53. The number of imide groups is 1. The summed E-state index contributed by atoms with van der Waals surface area (Å²) in [5.41, 5.74) is 0. The molecule has 1 atom stereocenters. The zero-order valence-corrected chi connectivity index (χ0v) is 15.5. The van der Waals surface area contributed by atoms with E-state index in [1.165, 1.54) is 0 Å². The molecule has 2 fully saturated rings. The lowest BCUT2D eigenvalue weighted by atomic mass is 9.97. The fraction of sp³-hybridized carbons (Fsp3) is 0.706.